The number of halogens is 2. The van der Waals surface area contributed by atoms with E-state index in [9.17, 15) is 18.9 Å². The van der Waals surface area contributed by atoms with E-state index in [2.05, 4.69) is 6.92 Å². The highest BCUT2D eigenvalue weighted by Crippen LogP contribution is 2.45. The molecule has 0 N–H and O–H groups in total. The molecule has 0 aromatic heterocycles. The van der Waals surface area contributed by atoms with Crippen molar-refractivity contribution in [1.29, 1.82) is 0 Å². The molecular weight excluding hydrogens is 360 g/mol. The van der Waals surface area contributed by atoms with Gasteiger partial charge in [0.25, 0.3) is 0 Å². The molecule has 1 aromatic carbocycles. The van der Waals surface area contributed by atoms with Crippen molar-refractivity contribution in [3.8, 4) is 0 Å². The van der Waals surface area contributed by atoms with Crippen LogP contribution in [0.15, 0.2) is 12.1 Å². The topological polar surface area (TPSA) is 43.1 Å². The Labute approximate surface area is 167 Å². The summed E-state index contributed by atoms with van der Waals surface area (Å²) in [6, 6.07) is 2.35. The molecule has 0 amide bonds. The van der Waals surface area contributed by atoms with Crippen molar-refractivity contribution in [3.63, 3.8) is 0 Å². The number of hydrogen-bond acceptors (Lipinski definition) is 2. The molecule has 0 aliphatic heterocycles. The van der Waals surface area contributed by atoms with Crippen LogP contribution in [-0.2, 0) is 0 Å². The Morgan fingerprint density at radius 2 is 1.46 bits per heavy atom. The van der Waals surface area contributed by atoms with Crippen molar-refractivity contribution in [2.75, 3.05) is 0 Å². The largest absolute Gasteiger partial charge is 0.340 e. The Morgan fingerprint density at radius 1 is 0.929 bits per heavy atom. The maximum Gasteiger partial charge on any atom is 0.340 e. The van der Waals surface area contributed by atoms with Crippen LogP contribution in [0.5, 0.6) is 0 Å². The average Bonchev–Trinajstić information content (AvgIpc) is 2.68. The highest BCUT2D eigenvalue weighted by atomic mass is 19.1. The third-order valence-corrected chi connectivity index (χ3v) is 7.24. The second-order valence-corrected chi connectivity index (χ2v) is 8.98. The van der Waals surface area contributed by atoms with Crippen LogP contribution < -0.4 is 0 Å². The van der Waals surface area contributed by atoms with E-state index in [1.54, 1.807) is 0 Å². The maximum absolute atomic E-state index is 14.0. The van der Waals surface area contributed by atoms with Crippen molar-refractivity contribution >= 4 is 5.69 Å². The van der Waals surface area contributed by atoms with Gasteiger partial charge < -0.3 is 0 Å². The number of nitro groups is 1. The summed E-state index contributed by atoms with van der Waals surface area (Å²) in [5.41, 5.74) is -0.452. The summed E-state index contributed by atoms with van der Waals surface area (Å²) in [6.45, 7) is 2.26. The molecule has 0 heterocycles. The van der Waals surface area contributed by atoms with E-state index in [1.807, 2.05) is 0 Å². The van der Waals surface area contributed by atoms with E-state index in [-0.39, 0.29) is 5.92 Å². The first kappa shape index (κ1) is 21.2. The summed E-state index contributed by atoms with van der Waals surface area (Å²) in [5, 5.41) is 10.8. The van der Waals surface area contributed by atoms with Crippen molar-refractivity contribution in [2.24, 2.45) is 17.8 Å². The SMILES string of the molecule is CCCCC[C@H]1CC[C@H](C2CCC(c3cc(F)c([N+](=O)[O-])c(F)c3)CC2)CC1. The molecule has 5 heteroatoms. The Hall–Kier alpha value is -1.52. The molecule has 0 radical (unpaired) electrons. The van der Waals surface area contributed by atoms with Crippen LogP contribution in [-0.4, -0.2) is 4.92 Å². The van der Waals surface area contributed by atoms with Gasteiger partial charge >= 0.3 is 5.69 Å². The highest BCUT2D eigenvalue weighted by molar-refractivity contribution is 5.38. The minimum atomic E-state index is -1.05. The molecule has 2 saturated carbocycles. The average molecular weight is 394 g/mol. The van der Waals surface area contributed by atoms with Gasteiger partial charge in [0.2, 0.25) is 11.6 Å². The fourth-order valence-electron chi connectivity index (χ4n) is 5.55. The molecule has 156 valence electrons. The summed E-state index contributed by atoms with van der Waals surface area (Å²) in [4.78, 5) is 9.79. The Bertz CT molecular complexity index is 640. The lowest BCUT2D eigenvalue weighted by Gasteiger charge is -2.38. The molecular formula is C23H33F2NO2. The first-order valence-corrected chi connectivity index (χ1v) is 11.1. The van der Waals surface area contributed by atoms with E-state index in [4.69, 9.17) is 0 Å². The summed E-state index contributed by atoms with van der Waals surface area (Å²) in [5.74, 6) is 0.484. The lowest BCUT2D eigenvalue weighted by Crippen LogP contribution is -2.25. The second kappa shape index (κ2) is 9.80. The van der Waals surface area contributed by atoms with Crippen LogP contribution >= 0.6 is 0 Å². The number of nitro benzene ring substituents is 1. The highest BCUT2D eigenvalue weighted by Gasteiger charge is 2.32. The molecule has 0 bridgehead atoms. The van der Waals surface area contributed by atoms with Crippen LogP contribution in [0.1, 0.15) is 95.5 Å². The van der Waals surface area contributed by atoms with Gasteiger partial charge in [0.1, 0.15) is 0 Å². The lowest BCUT2D eigenvalue weighted by molar-refractivity contribution is -0.390. The predicted molar refractivity (Wildman–Crippen MR) is 107 cm³/mol. The predicted octanol–water partition coefficient (Wildman–Crippen LogP) is 7.53. The molecule has 28 heavy (non-hydrogen) atoms. The first-order valence-electron chi connectivity index (χ1n) is 11.1. The molecule has 2 aliphatic rings. The molecule has 0 spiro atoms. The van der Waals surface area contributed by atoms with Gasteiger partial charge in [0, 0.05) is 0 Å². The molecule has 2 fully saturated rings. The molecule has 0 saturated heterocycles. The third-order valence-electron chi connectivity index (χ3n) is 7.24. The van der Waals surface area contributed by atoms with Gasteiger partial charge in [-0.3, -0.25) is 10.1 Å². The third kappa shape index (κ3) is 5.09. The number of hydrogen-bond donors (Lipinski definition) is 0. The fraction of sp³-hybridized carbons (Fsp3) is 0.739. The van der Waals surface area contributed by atoms with Gasteiger partial charge in [-0.25, -0.2) is 0 Å². The zero-order valence-corrected chi connectivity index (χ0v) is 17.0. The quantitative estimate of drug-likeness (QED) is 0.273. The summed E-state index contributed by atoms with van der Waals surface area (Å²) in [7, 11) is 0. The van der Waals surface area contributed by atoms with Crippen LogP contribution in [0.4, 0.5) is 14.5 Å². The Morgan fingerprint density at radius 3 is 1.96 bits per heavy atom. The minimum Gasteiger partial charge on any atom is -0.258 e. The lowest BCUT2D eigenvalue weighted by atomic mass is 9.68. The molecule has 3 rings (SSSR count). The smallest absolute Gasteiger partial charge is 0.258 e. The first-order chi connectivity index (χ1) is 13.5. The molecule has 2 aliphatic carbocycles. The monoisotopic (exact) mass is 393 g/mol. The summed E-state index contributed by atoms with van der Waals surface area (Å²) < 4.78 is 27.9. The normalized spacial score (nSPS) is 28.2. The van der Waals surface area contributed by atoms with Crippen LogP contribution in [0.25, 0.3) is 0 Å². The minimum absolute atomic E-state index is 0.117. The number of rotatable bonds is 7. The van der Waals surface area contributed by atoms with E-state index in [0.717, 1.165) is 43.4 Å². The Balaban J connectivity index is 1.49. The van der Waals surface area contributed by atoms with Gasteiger partial charge in [-0.2, -0.15) is 8.78 Å². The van der Waals surface area contributed by atoms with Crippen molar-refractivity contribution in [3.05, 3.63) is 39.4 Å². The van der Waals surface area contributed by atoms with Crippen LogP contribution in [0.3, 0.4) is 0 Å². The zero-order chi connectivity index (χ0) is 20.1. The Kier molecular flexibility index (Phi) is 7.42. The van der Waals surface area contributed by atoms with Crippen molar-refractivity contribution < 1.29 is 13.7 Å². The molecule has 3 nitrogen and oxygen atoms in total. The van der Waals surface area contributed by atoms with E-state index in [1.165, 1.54) is 63.5 Å². The summed E-state index contributed by atoms with van der Waals surface area (Å²) in [6.07, 6.45) is 14.9. The van der Waals surface area contributed by atoms with Gasteiger partial charge in [0.05, 0.1) is 4.92 Å². The molecule has 0 atom stereocenters. The second-order valence-electron chi connectivity index (χ2n) is 8.98. The van der Waals surface area contributed by atoms with E-state index in [0.29, 0.717) is 5.56 Å². The van der Waals surface area contributed by atoms with E-state index >= 15 is 0 Å². The number of benzene rings is 1. The van der Waals surface area contributed by atoms with E-state index < -0.39 is 22.2 Å². The summed E-state index contributed by atoms with van der Waals surface area (Å²) >= 11 is 0. The van der Waals surface area contributed by atoms with Crippen molar-refractivity contribution in [1.82, 2.24) is 0 Å². The molecule has 1 aromatic rings. The zero-order valence-electron chi connectivity index (χ0n) is 17.0. The van der Waals surface area contributed by atoms with Gasteiger partial charge in [-0.1, -0.05) is 45.4 Å². The standard InChI is InChI=1S/C23H33F2NO2/c1-2-3-4-5-16-6-8-17(9-7-16)18-10-12-19(13-11-18)20-14-21(24)23(26(27)28)22(25)15-20/h14-19H,2-13H2,1H3/t16-,17-,18?,19?. The van der Waals surface area contributed by atoms with Gasteiger partial charge in [-0.15, -0.1) is 0 Å². The number of unbranched alkanes of at least 4 members (excludes halogenated alkanes) is 2. The van der Waals surface area contributed by atoms with Gasteiger partial charge in [-0.05, 0) is 79.9 Å². The van der Waals surface area contributed by atoms with Crippen molar-refractivity contribution in [2.45, 2.75) is 89.9 Å². The van der Waals surface area contributed by atoms with Crippen LogP contribution in [0, 0.1) is 39.5 Å². The number of nitrogens with zero attached hydrogens (tertiary/aromatic N) is 1. The van der Waals surface area contributed by atoms with Gasteiger partial charge in [0.15, 0.2) is 0 Å². The van der Waals surface area contributed by atoms with Crippen LogP contribution in [0.2, 0.25) is 0 Å². The fourth-order valence-corrected chi connectivity index (χ4v) is 5.55. The maximum atomic E-state index is 14.0. The molecule has 0 unspecified atom stereocenters.